The zero-order chi connectivity index (χ0) is 10.1. The van der Waals surface area contributed by atoms with E-state index in [0.29, 0.717) is 0 Å². The number of thiophene rings is 1. The third-order valence-electron chi connectivity index (χ3n) is 2.13. The number of fused-ring (bicyclic) bond motifs is 1. The van der Waals surface area contributed by atoms with Crippen LogP contribution in [0.25, 0.3) is 10.1 Å². The summed E-state index contributed by atoms with van der Waals surface area (Å²) in [6.45, 7) is 0.0353. The first kappa shape index (κ1) is 9.83. The van der Waals surface area contributed by atoms with Gasteiger partial charge in [0.1, 0.15) is 5.75 Å². The molecule has 0 bridgehead atoms. The Balaban J connectivity index is 2.82. The van der Waals surface area contributed by atoms with Crippen LogP contribution in [0.4, 0.5) is 0 Å². The van der Waals surface area contributed by atoms with Crippen LogP contribution in [0.1, 0.15) is 5.56 Å². The second kappa shape index (κ2) is 3.81. The van der Waals surface area contributed by atoms with Crippen LogP contribution < -0.4 is 4.74 Å². The van der Waals surface area contributed by atoms with Gasteiger partial charge in [-0.3, -0.25) is 0 Å². The highest BCUT2D eigenvalue weighted by Gasteiger charge is 2.10. The maximum absolute atomic E-state index is 9.16. The fraction of sp³-hybridized carbons (Fsp3) is 0.200. The smallest absolute Gasteiger partial charge is 0.127 e. The van der Waals surface area contributed by atoms with Crippen molar-refractivity contribution in [2.24, 2.45) is 0 Å². The Hall–Kier alpha value is -0.710. The molecule has 0 amide bonds. The van der Waals surface area contributed by atoms with Crippen molar-refractivity contribution >= 4 is 34.1 Å². The number of aliphatic hydroxyl groups is 1. The van der Waals surface area contributed by atoms with Crippen molar-refractivity contribution in [2.75, 3.05) is 7.11 Å². The van der Waals surface area contributed by atoms with Crippen LogP contribution in [-0.2, 0) is 6.61 Å². The Morgan fingerprint density at radius 2 is 2.29 bits per heavy atom. The first-order chi connectivity index (χ1) is 6.77. The van der Waals surface area contributed by atoms with E-state index < -0.39 is 0 Å². The molecule has 0 aliphatic rings. The molecule has 1 heterocycles. The summed E-state index contributed by atoms with van der Waals surface area (Å²) in [5, 5.41) is 12.1. The molecule has 0 aliphatic heterocycles. The van der Waals surface area contributed by atoms with E-state index in [1.807, 2.05) is 17.5 Å². The van der Waals surface area contributed by atoms with Crippen molar-refractivity contribution in [2.45, 2.75) is 11.5 Å². The van der Waals surface area contributed by atoms with Crippen molar-refractivity contribution in [3.8, 4) is 5.75 Å². The molecule has 0 atom stereocenters. The molecule has 74 valence electrons. The van der Waals surface area contributed by atoms with E-state index in [0.717, 1.165) is 26.3 Å². The molecule has 0 saturated carbocycles. The number of aliphatic hydroxyl groups excluding tert-OH is 1. The molecule has 0 radical (unpaired) electrons. The number of rotatable bonds is 2. The molecule has 2 rings (SSSR count). The van der Waals surface area contributed by atoms with Gasteiger partial charge >= 0.3 is 0 Å². The van der Waals surface area contributed by atoms with Gasteiger partial charge in [-0.1, -0.05) is 0 Å². The maximum Gasteiger partial charge on any atom is 0.127 e. The van der Waals surface area contributed by atoms with Crippen LogP contribution in [0, 0.1) is 0 Å². The zero-order valence-electron chi connectivity index (χ0n) is 7.65. The van der Waals surface area contributed by atoms with Gasteiger partial charge in [0.15, 0.2) is 0 Å². The summed E-state index contributed by atoms with van der Waals surface area (Å²) >= 11 is 5.94. The van der Waals surface area contributed by atoms with Crippen LogP contribution in [0.2, 0.25) is 0 Å². The van der Waals surface area contributed by atoms with Gasteiger partial charge in [0.2, 0.25) is 0 Å². The van der Waals surface area contributed by atoms with Gasteiger partial charge < -0.3 is 9.84 Å². The molecule has 1 N–H and O–H groups in total. The first-order valence-corrected chi connectivity index (χ1v) is 5.47. The zero-order valence-corrected chi connectivity index (χ0v) is 9.36. The van der Waals surface area contributed by atoms with Gasteiger partial charge in [-0.05, 0) is 23.1 Å². The number of thiol groups is 1. The van der Waals surface area contributed by atoms with Crippen LogP contribution >= 0.6 is 24.0 Å². The number of ether oxygens (including phenoxy) is 1. The lowest BCUT2D eigenvalue weighted by Gasteiger charge is -2.04. The molecular weight excluding hydrogens is 216 g/mol. The molecule has 0 fully saturated rings. The minimum Gasteiger partial charge on any atom is -0.496 e. The van der Waals surface area contributed by atoms with Crippen LogP contribution in [-0.4, -0.2) is 12.2 Å². The molecule has 1 aromatic heterocycles. The van der Waals surface area contributed by atoms with Crippen molar-refractivity contribution in [1.29, 1.82) is 0 Å². The fourth-order valence-electron chi connectivity index (χ4n) is 1.45. The van der Waals surface area contributed by atoms with E-state index in [-0.39, 0.29) is 6.61 Å². The third-order valence-corrected chi connectivity index (χ3v) is 3.72. The summed E-state index contributed by atoms with van der Waals surface area (Å²) in [5.41, 5.74) is 0.901. The summed E-state index contributed by atoms with van der Waals surface area (Å²) in [5.74, 6) is 0.795. The second-order valence-electron chi connectivity index (χ2n) is 2.91. The van der Waals surface area contributed by atoms with Crippen LogP contribution in [0.5, 0.6) is 5.75 Å². The minimum atomic E-state index is 0.0353. The van der Waals surface area contributed by atoms with E-state index in [2.05, 4.69) is 12.6 Å². The predicted octanol–water partition coefficient (Wildman–Crippen LogP) is 2.69. The quantitative estimate of drug-likeness (QED) is 0.771. The molecule has 0 saturated heterocycles. The first-order valence-electron chi connectivity index (χ1n) is 4.14. The van der Waals surface area contributed by atoms with E-state index in [9.17, 15) is 0 Å². The summed E-state index contributed by atoms with van der Waals surface area (Å²) < 4.78 is 6.31. The van der Waals surface area contributed by atoms with E-state index in [1.54, 1.807) is 18.4 Å². The van der Waals surface area contributed by atoms with Gasteiger partial charge in [0.05, 0.1) is 18.4 Å². The van der Waals surface area contributed by atoms with Gasteiger partial charge in [-0.15, -0.1) is 24.0 Å². The normalized spacial score (nSPS) is 10.8. The molecule has 2 nitrogen and oxygen atoms in total. The minimum absolute atomic E-state index is 0.0353. The monoisotopic (exact) mass is 226 g/mol. The fourth-order valence-corrected chi connectivity index (χ4v) is 2.79. The lowest BCUT2D eigenvalue weighted by Crippen LogP contribution is -1.86. The SMILES string of the molecule is COc1ccc(S)c2scc(CO)c12. The Morgan fingerprint density at radius 1 is 1.50 bits per heavy atom. The topological polar surface area (TPSA) is 29.5 Å². The number of hydrogen-bond acceptors (Lipinski definition) is 4. The number of benzene rings is 1. The largest absolute Gasteiger partial charge is 0.496 e. The van der Waals surface area contributed by atoms with Crippen LogP contribution in [0.3, 0.4) is 0 Å². The molecule has 4 heteroatoms. The maximum atomic E-state index is 9.16. The highest BCUT2D eigenvalue weighted by molar-refractivity contribution is 7.80. The lowest BCUT2D eigenvalue weighted by molar-refractivity contribution is 0.283. The molecule has 1 aromatic carbocycles. The van der Waals surface area contributed by atoms with E-state index >= 15 is 0 Å². The third kappa shape index (κ3) is 1.39. The summed E-state index contributed by atoms with van der Waals surface area (Å²) in [6, 6.07) is 3.78. The van der Waals surface area contributed by atoms with E-state index in [1.165, 1.54) is 0 Å². The molecular formula is C10H10O2S2. The Bertz CT molecular complexity index is 462. The number of methoxy groups -OCH3 is 1. The van der Waals surface area contributed by atoms with Crippen molar-refractivity contribution in [3.05, 3.63) is 23.1 Å². The van der Waals surface area contributed by atoms with E-state index in [4.69, 9.17) is 9.84 Å². The highest BCUT2D eigenvalue weighted by Crippen LogP contribution is 2.37. The summed E-state index contributed by atoms with van der Waals surface area (Å²) in [4.78, 5) is 0.922. The van der Waals surface area contributed by atoms with Gasteiger partial charge in [-0.25, -0.2) is 0 Å². The van der Waals surface area contributed by atoms with Crippen molar-refractivity contribution in [1.82, 2.24) is 0 Å². The average molecular weight is 226 g/mol. The number of hydrogen-bond donors (Lipinski definition) is 2. The molecule has 0 spiro atoms. The van der Waals surface area contributed by atoms with Crippen molar-refractivity contribution in [3.63, 3.8) is 0 Å². The summed E-state index contributed by atoms with van der Waals surface area (Å²) in [7, 11) is 1.63. The lowest BCUT2D eigenvalue weighted by atomic mass is 10.1. The average Bonchev–Trinajstić information content (AvgIpc) is 2.63. The second-order valence-corrected chi connectivity index (χ2v) is 4.27. The Morgan fingerprint density at radius 3 is 2.93 bits per heavy atom. The summed E-state index contributed by atoms with van der Waals surface area (Å²) in [6.07, 6.45) is 0. The standard InChI is InChI=1S/C10H10O2S2/c1-12-7-2-3-8(13)10-9(7)6(4-11)5-14-10/h2-3,5,11,13H,4H2,1H3. The Labute approximate surface area is 91.5 Å². The molecule has 2 aromatic rings. The molecule has 0 unspecified atom stereocenters. The van der Waals surface area contributed by atoms with Crippen LogP contribution in [0.15, 0.2) is 22.4 Å². The molecule has 0 aliphatic carbocycles. The molecule has 14 heavy (non-hydrogen) atoms. The Kier molecular flexibility index (Phi) is 2.67. The highest BCUT2D eigenvalue weighted by atomic mass is 32.1. The van der Waals surface area contributed by atoms with Gasteiger partial charge in [0, 0.05) is 10.3 Å². The van der Waals surface area contributed by atoms with Crippen molar-refractivity contribution < 1.29 is 9.84 Å². The van der Waals surface area contributed by atoms with Gasteiger partial charge in [-0.2, -0.15) is 0 Å². The predicted molar refractivity (Wildman–Crippen MR) is 61.6 cm³/mol. The van der Waals surface area contributed by atoms with Gasteiger partial charge in [0.25, 0.3) is 0 Å².